The number of aliphatic hydroxyl groups excluding tert-OH is 1. The Labute approximate surface area is 88.2 Å². The molecular weight excluding hydrogens is 198 g/mol. The number of carbonyl (C=O) groups excluding carboxylic acids is 2. The minimum atomic E-state index is -1.30. The zero-order valence-corrected chi connectivity index (χ0v) is 8.53. The molecule has 86 valence electrons. The van der Waals surface area contributed by atoms with Crippen molar-refractivity contribution in [2.45, 2.75) is 31.4 Å². The number of hydrogen-bond acceptors (Lipinski definition) is 4. The minimum absolute atomic E-state index is 0.110. The van der Waals surface area contributed by atoms with Gasteiger partial charge in [-0.05, 0) is 19.4 Å². The highest BCUT2D eigenvalue weighted by molar-refractivity contribution is 5.81. The first-order chi connectivity index (χ1) is 7.09. The quantitative estimate of drug-likeness (QED) is 0.429. The molecule has 0 radical (unpaired) electrons. The molecule has 0 aliphatic carbocycles. The van der Waals surface area contributed by atoms with Crippen LogP contribution in [0.25, 0.3) is 0 Å². The van der Waals surface area contributed by atoms with Gasteiger partial charge < -0.3 is 21.5 Å². The van der Waals surface area contributed by atoms with E-state index in [1.165, 1.54) is 0 Å². The van der Waals surface area contributed by atoms with E-state index in [1.807, 2.05) is 0 Å². The molecule has 2 unspecified atom stereocenters. The number of nitrogens with one attached hydrogen (secondary N) is 2. The molecule has 1 fully saturated rings. The van der Waals surface area contributed by atoms with Gasteiger partial charge in [0.1, 0.15) is 6.10 Å². The number of amides is 2. The fourth-order valence-electron chi connectivity index (χ4n) is 1.54. The molecule has 2 atom stereocenters. The van der Waals surface area contributed by atoms with Crippen LogP contribution in [0.2, 0.25) is 0 Å². The smallest absolute Gasteiger partial charge is 0.248 e. The number of nitrogens with two attached hydrogens (primary N) is 1. The lowest BCUT2D eigenvalue weighted by molar-refractivity contribution is -0.127. The molecule has 5 N–H and O–H groups in total. The first-order valence-corrected chi connectivity index (χ1v) is 5.07. The van der Waals surface area contributed by atoms with E-state index in [4.69, 9.17) is 10.8 Å². The van der Waals surface area contributed by atoms with Gasteiger partial charge in [0, 0.05) is 12.5 Å². The lowest BCUT2D eigenvalue weighted by Crippen LogP contribution is -2.41. The summed E-state index contributed by atoms with van der Waals surface area (Å²) in [6, 6.07) is 0.218. The standard InChI is InChI=1S/C9H17N3O3/c10-9(15)7(13)5-12-8(14)4-6-2-1-3-11-6/h6-7,11,13H,1-5H2,(H2,10,15)(H,12,14). The van der Waals surface area contributed by atoms with E-state index < -0.39 is 12.0 Å². The highest BCUT2D eigenvalue weighted by Gasteiger charge is 2.18. The highest BCUT2D eigenvalue weighted by atomic mass is 16.3. The Kier molecular flexibility index (Phi) is 4.51. The van der Waals surface area contributed by atoms with Crippen molar-refractivity contribution < 1.29 is 14.7 Å². The van der Waals surface area contributed by atoms with Crippen molar-refractivity contribution in [2.24, 2.45) is 5.73 Å². The summed E-state index contributed by atoms with van der Waals surface area (Å²) in [5, 5.41) is 14.7. The Hall–Kier alpha value is -1.14. The van der Waals surface area contributed by atoms with Gasteiger partial charge >= 0.3 is 0 Å². The molecule has 0 aromatic rings. The highest BCUT2D eigenvalue weighted by Crippen LogP contribution is 2.07. The zero-order valence-electron chi connectivity index (χ0n) is 8.53. The molecule has 6 heteroatoms. The molecule has 1 heterocycles. The normalized spacial score (nSPS) is 22.3. The topological polar surface area (TPSA) is 104 Å². The summed E-state index contributed by atoms with van der Waals surface area (Å²) < 4.78 is 0. The van der Waals surface area contributed by atoms with Crippen LogP contribution >= 0.6 is 0 Å². The Balaban J connectivity index is 2.15. The number of hydrogen-bond donors (Lipinski definition) is 4. The van der Waals surface area contributed by atoms with E-state index in [-0.39, 0.29) is 18.5 Å². The fraction of sp³-hybridized carbons (Fsp3) is 0.778. The van der Waals surface area contributed by atoms with Crippen LogP contribution < -0.4 is 16.4 Å². The summed E-state index contributed by atoms with van der Waals surface area (Å²) in [6.07, 6.45) is 1.16. The lowest BCUT2D eigenvalue weighted by Gasteiger charge is -2.11. The van der Waals surface area contributed by atoms with Gasteiger partial charge in [-0.2, -0.15) is 0 Å². The average Bonchev–Trinajstić information content (AvgIpc) is 2.66. The van der Waals surface area contributed by atoms with Gasteiger partial charge in [0.15, 0.2) is 0 Å². The van der Waals surface area contributed by atoms with Crippen molar-refractivity contribution in [3.63, 3.8) is 0 Å². The Morgan fingerprint density at radius 3 is 2.87 bits per heavy atom. The second kappa shape index (κ2) is 5.67. The van der Waals surface area contributed by atoms with E-state index >= 15 is 0 Å². The van der Waals surface area contributed by atoms with Crippen molar-refractivity contribution in [1.82, 2.24) is 10.6 Å². The van der Waals surface area contributed by atoms with Crippen LogP contribution in [0.3, 0.4) is 0 Å². The third-order valence-corrected chi connectivity index (χ3v) is 2.42. The average molecular weight is 215 g/mol. The van der Waals surface area contributed by atoms with E-state index in [2.05, 4.69) is 10.6 Å². The molecule has 1 saturated heterocycles. The van der Waals surface area contributed by atoms with Gasteiger partial charge in [-0.15, -0.1) is 0 Å². The van der Waals surface area contributed by atoms with Crippen molar-refractivity contribution in [2.75, 3.05) is 13.1 Å². The maximum atomic E-state index is 11.3. The number of rotatable bonds is 5. The Bertz CT molecular complexity index is 239. The molecule has 1 aliphatic heterocycles. The molecule has 0 spiro atoms. The largest absolute Gasteiger partial charge is 0.381 e. The summed E-state index contributed by atoms with van der Waals surface area (Å²) in [4.78, 5) is 21.8. The first-order valence-electron chi connectivity index (χ1n) is 5.07. The van der Waals surface area contributed by atoms with Crippen molar-refractivity contribution in [1.29, 1.82) is 0 Å². The summed E-state index contributed by atoms with van der Waals surface area (Å²) in [6.45, 7) is 0.836. The van der Waals surface area contributed by atoms with Crippen molar-refractivity contribution in [3.8, 4) is 0 Å². The SMILES string of the molecule is NC(=O)C(O)CNC(=O)CC1CCCN1. The van der Waals surface area contributed by atoms with Crippen LogP contribution in [-0.2, 0) is 9.59 Å². The minimum Gasteiger partial charge on any atom is -0.381 e. The second-order valence-electron chi connectivity index (χ2n) is 3.72. The van der Waals surface area contributed by atoms with Gasteiger partial charge in [-0.1, -0.05) is 0 Å². The van der Waals surface area contributed by atoms with E-state index in [0.717, 1.165) is 19.4 Å². The first kappa shape index (κ1) is 11.9. The van der Waals surface area contributed by atoms with E-state index in [1.54, 1.807) is 0 Å². The van der Waals surface area contributed by atoms with Crippen LogP contribution in [0.4, 0.5) is 0 Å². The van der Waals surface area contributed by atoms with Gasteiger partial charge in [0.25, 0.3) is 0 Å². The summed E-state index contributed by atoms with van der Waals surface area (Å²) in [5.74, 6) is -0.996. The monoisotopic (exact) mass is 215 g/mol. The molecule has 0 aromatic carbocycles. The molecule has 15 heavy (non-hydrogen) atoms. The Morgan fingerprint density at radius 1 is 1.60 bits per heavy atom. The van der Waals surface area contributed by atoms with Gasteiger partial charge in [-0.25, -0.2) is 0 Å². The number of carbonyl (C=O) groups is 2. The van der Waals surface area contributed by atoms with E-state index in [0.29, 0.717) is 6.42 Å². The maximum Gasteiger partial charge on any atom is 0.248 e. The van der Waals surface area contributed by atoms with Gasteiger partial charge in [0.05, 0.1) is 6.54 Å². The van der Waals surface area contributed by atoms with Crippen LogP contribution in [0.1, 0.15) is 19.3 Å². The molecule has 1 rings (SSSR count). The fourth-order valence-corrected chi connectivity index (χ4v) is 1.54. The summed E-state index contributed by atoms with van der Waals surface area (Å²) >= 11 is 0. The third-order valence-electron chi connectivity index (χ3n) is 2.42. The van der Waals surface area contributed by atoms with Gasteiger partial charge in [-0.3, -0.25) is 9.59 Å². The molecule has 0 bridgehead atoms. The molecule has 1 aliphatic rings. The van der Waals surface area contributed by atoms with Crippen molar-refractivity contribution in [3.05, 3.63) is 0 Å². The molecule has 2 amide bonds. The number of aliphatic hydroxyl groups is 1. The van der Waals surface area contributed by atoms with Crippen LogP contribution in [0.5, 0.6) is 0 Å². The third kappa shape index (κ3) is 4.26. The van der Waals surface area contributed by atoms with Gasteiger partial charge in [0.2, 0.25) is 11.8 Å². The van der Waals surface area contributed by atoms with Crippen LogP contribution in [0, 0.1) is 0 Å². The predicted molar refractivity (Wildman–Crippen MR) is 53.9 cm³/mol. The molecular formula is C9H17N3O3. The predicted octanol–water partition coefficient (Wildman–Crippen LogP) is -1.91. The van der Waals surface area contributed by atoms with Crippen LogP contribution in [-0.4, -0.2) is 42.2 Å². The lowest BCUT2D eigenvalue weighted by atomic mass is 10.1. The number of primary amides is 1. The van der Waals surface area contributed by atoms with Crippen LogP contribution in [0.15, 0.2) is 0 Å². The zero-order chi connectivity index (χ0) is 11.3. The summed E-state index contributed by atoms with van der Waals surface area (Å²) in [7, 11) is 0. The maximum absolute atomic E-state index is 11.3. The molecule has 0 saturated carbocycles. The Morgan fingerprint density at radius 2 is 2.33 bits per heavy atom. The molecule has 0 aromatic heterocycles. The second-order valence-corrected chi connectivity index (χ2v) is 3.72. The summed E-state index contributed by atoms with van der Waals surface area (Å²) in [5.41, 5.74) is 4.83. The van der Waals surface area contributed by atoms with Crippen molar-refractivity contribution >= 4 is 11.8 Å². The molecule has 6 nitrogen and oxygen atoms in total. The van der Waals surface area contributed by atoms with E-state index in [9.17, 15) is 9.59 Å².